The number of benzene rings is 1. The van der Waals surface area contributed by atoms with Crippen molar-refractivity contribution in [2.24, 2.45) is 0 Å². The molecule has 0 aliphatic heterocycles. The van der Waals surface area contributed by atoms with Gasteiger partial charge in [0.1, 0.15) is 11.8 Å². The van der Waals surface area contributed by atoms with Crippen LogP contribution in [0.4, 0.5) is 5.69 Å². The summed E-state index contributed by atoms with van der Waals surface area (Å²) in [5.74, 6) is 0.874. The standard InChI is InChI=1S/C17H22N2OS/c1-5-20-16-10-8-15(9-11-16)19(4)12-6-7-17(13-18)21-14(2)3/h6-12,14H,5H2,1-4H3/b12-6+,17-7-. The summed E-state index contributed by atoms with van der Waals surface area (Å²) < 4.78 is 5.42. The molecule has 1 aromatic rings. The topological polar surface area (TPSA) is 36.3 Å². The molecule has 0 fully saturated rings. The van der Waals surface area contributed by atoms with Crippen LogP contribution in [0.1, 0.15) is 20.8 Å². The lowest BCUT2D eigenvalue weighted by atomic mass is 10.3. The van der Waals surface area contributed by atoms with E-state index >= 15 is 0 Å². The Hall–Kier alpha value is -1.86. The van der Waals surface area contributed by atoms with E-state index in [-0.39, 0.29) is 0 Å². The van der Waals surface area contributed by atoms with E-state index in [1.165, 1.54) is 0 Å². The largest absolute Gasteiger partial charge is 0.494 e. The van der Waals surface area contributed by atoms with Crippen LogP contribution in [0, 0.1) is 11.3 Å². The Morgan fingerprint density at radius 1 is 1.38 bits per heavy atom. The number of rotatable bonds is 7. The van der Waals surface area contributed by atoms with Crippen molar-refractivity contribution in [2.75, 3.05) is 18.6 Å². The molecule has 1 aromatic carbocycles. The van der Waals surface area contributed by atoms with Crippen LogP contribution >= 0.6 is 11.8 Å². The highest BCUT2D eigenvalue weighted by molar-refractivity contribution is 8.03. The van der Waals surface area contributed by atoms with Gasteiger partial charge < -0.3 is 9.64 Å². The van der Waals surface area contributed by atoms with Gasteiger partial charge in [-0.1, -0.05) is 13.8 Å². The highest BCUT2D eigenvalue weighted by Gasteiger charge is 2.00. The Balaban J connectivity index is 2.67. The van der Waals surface area contributed by atoms with E-state index in [1.807, 2.05) is 61.5 Å². The number of allylic oxidation sites excluding steroid dienone is 3. The first kappa shape index (κ1) is 17.2. The van der Waals surface area contributed by atoms with Crippen LogP contribution in [0.25, 0.3) is 0 Å². The predicted molar refractivity (Wildman–Crippen MR) is 91.6 cm³/mol. The molecule has 0 aliphatic rings. The molecule has 0 radical (unpaired) electrons. The van der Waals surface area contributed by atoms with Crippen LogP contribution in [0.15, 0.2) is 47.5 Å². The summed E-state index contributed by atoms with van der Waals surface area (Å²) in [5, 5.41) is 9.45. The van der Waals surface area contributed by atoms with Crippen molar-refractivity contribution in [3.8, 4) is 11.8 Å². The lowest BCUT2D eigenvalue weighted by Gasteiger charge is -2.14. The molecule has 112 valence electrons. The van der Waals surface area contributed by atoms with Crippen molar-refractivity contribution in [1.29, 1.82) is 5.26 Å². The summed E-state index contributed by atoms with van der Waals surface area (Å²) in [7, 11) is 1.97. The van der Waals surface area contributed by atoms with Gasteiger partial charge in [0.2, 0.25) is 0 Å². The normalized spacial score (nSPS) is 11.7. The van der Waals surface area contributed by atoms with Gasteiger partial charge in [-0.05, 0) is 43.3 Å². The molecule has 0 saturated heterocycles. The summed E-state index contributed by atoms with van der Waals surface area (Å²) in [6.45, 7) is 6.79. The molecule has 0 atom stereocenters. The highest BCUT2D eigenvalue weighted by Crippen LogP contribution is 2.21. The quantitative estimate of drug-likeness (QED) is 0.545. The summed E-state index contributed by atoms with van der Waals surface area (Å²) in [6, 6.07) is 10.1. The Labute approximate surface area is 131 Å². The van der Waals surface area contributed by atoms with Crippen molar-refractivity contribution in [3.05, 3.63) is 47.5 Å². The lowest BCUT2D eigenvalue weighted by Crippen LogP contribution is -2.07. The van der Waals surface area contributed by atoms with Crippen molar-refractivity contribution >= 4 is 17.4 Å². The van der Waals surface area contributed by atoms with Gasteiger partial charge in [-0.3, -0.25) is 0 Å². The fourth-order valence-electron chi connectivity index (χ4n) is 1.65. The van der Waals surface area contributed by atoms with Crippen molar-refractivity contribution in [1.82, 2.24) is 0 Å². The molecule has 21 heavy (non-hydrogen) atoms. The molecule has 0 spiro atoms. The first-order valence-electron chi connectivity index (χ1n) is 6.97. The molecule has 0 bridgehead atoms. The maximum atomic E-state index is 9.04. The Morgan fingerprint density at radius 2 is 2.05 bits per heavy atom. The van der Waals surface area contributed by atoms with Crippen LogP contribution in [-0.4, -0.2) is 18.9 Å². The minimum atomic E-state index is 0.410. The van der Waals surface area contributed by atoms with Gasteiger partial charge in [-0.25, -0.2) is 0 Å². The van der Waals surface area contributed by atoms with Crippen LogP contribution in [0.3, 0.4) is 0 Å². The average molecular weight is 302 g/mol. The molecule has 0 saturated carbocycles. The molecule has 0 unspecified atom stereocenters. The van der Waals surface area contributed by atoms with Gasteiger partial charge in [0.25, 0.3) is 0 Å². The molecular weight excluding hydrogens is 280 g/mol. The average Bonchev–Trinajstić information content (AvgIpc) is 2.46. The van der Waals surface area contributed by atoms with E-state index in [4.69, 9.17) is 10.00 Å². The van der Waals surface area contributed by atoms with E-state index in [0.29, 0.717) is 11.9 Å². The third-order valence-electron chi connectivity index (χ3n) is 2.59. The zero-order chi connectivity index (χ0) is 15.7. The number of hydrogen-bond donors (Lipinski definition) is 0. The number of nitriles is 1. The number of nitrogens with zero attached hydrogens (tertiary/aromatic N) is 2. The van der Waals surface area contributed by atoms with Gasteiger partial charge in [0.15, 0.2) is 0 Å². The van der Waals surface area contributed by atoms with Gasteiger partial charge >= 0.3 is 0 Å². The third kappa shape index (κ3) is 6.42. The maximum absolute atomic E-state index is 9.04. The predicted octanol–water partition coefficient (Wildman–Crippen LogP) is 4.58. The molecule has 1 rings (SSSR count). The zero-order valence-electron chi connectivity index (χ0n) is 13.0. The van der Waals surface area contributed by atoms with Crippen molar-refractivity contribution < 1.29 is 4.74 Å². The maximum Gasteiger partial charge on any atom is 0.119 e. The highest BCUT2D eigenvalue weighted by atomic mass is 32.2. The minimum absolute atomic E-state index is 0.410. The van der Waals surface area contributed by atoms with Crippen molar-refractivity contribution in [3.63, 3.8) is 0 Å². The monoisotopic (exact) mass is 302 g/mol. The van der Waals surface area contributed by atoms with E-state index in [2.05, 4.69) is 19.9 Å². The van der Waals surface area contributed by atoms with Crippen LogP contribution in [-0.2, 0) is 0 Å². The smallest absolute Gasteiger partial charge is 0.119 e. The van der Waals surface area contributed by atoms with E-state index < -0.39 is 0 Å². The van der Waals surface area contributed by atoms with Gasteiger partial charge in [0, 0.05) is 24.2 Å². The van der Waals surface area contributed by atoms with Crippen LogP contribution in [0.2, 0.25) is 0 Å². The fourth-order valence-corrected chi connectivity index (χ4v) is 2.36. The van der Waals surface area contributed by atoms with Gasteiger partial charge in [-0.15, -0.1) is 11.8 Å². The second-order valence-corrected chi connectivity index (χ2v) is 6.31. The van der Waals surface area contributed by atoms with Crippen LogP contribution < -0.4 is 9.64 Å². The lowest BCUT2D eigenvalue weighted by molar-refractivity contribution is 0.340. The zero-order valence-corrected chi connectivity index (χ0v) is 13.9. The second-order valence-electron chi connectivity index (χ2n) is 4.69. The summed E-state index contributed by atoms with van der Waals surface area (Å²) in [4.78, 5) is 2.72. The molecule has 0 amide bonds. The number of ether oxygens (including phenoxy) is 1. The molecule has 0 aliphatic carbocycles. The molecule has 0 heterocycles. The SMILES string of the molecule is CCOc1ccc(N(C)/C=C/C=C(/C#N)SC(C)C)cc1. The summed E-state index contributed by atoms with van der Waals surface area (Å²) >= 11 is 1.57. The first-order chi connectivity index (χ1) is 10.1. The van der Waals surface area contributed by atoms with Crippen LogP contribution in [0.5, 0.6) is 5.75 Å². The summed E-state index contributed by atoms with van der Waals surface area (Å²) in [5.41, 5.74) is 1.07. The molecule has 0 aromatic heterocycles. The Bertz CT molecular complexity index is 527. The summed E-state index contributed by atoms with van der Waals surface area (Å²) in [6.07, 6.45) is 5.67. The molecule has 0 N–H and O–H groups in total. The molecule has 3 nitrogen and oxygen atoms in total. The minimum Gasteiger partial charge on any atom is -0.494 e. The van der Waals surface area contributed by atoms with E-state index in [1.54, 1.807) is 11.8 Å². The third-order valence-corrected chi connectivity index (χ3v) is 3.54. The van der Waals surface area contributed by atoms with E-state index in [9.17, 15) is 0 Å². The number of anilines is 1. The Kier molecular flexibility index (Phi) is 7.49. The number of thioether (sulfide) groups is 1. The first-order valence-corrected chi connectivity index (χ1v) is 7.85. The van der Waals surface area contributed by atoms with E-state index in [0.717, 1.165) is 16.3 Å². The fraction of sp³-hybridized carbons (Fsp3) is 0.353. The second kappa shape index (κ2) is 9.15. The number of hydrogen-bond acceptors (Lipinski definition) is 4. The van der Waals surface area contributed by atoms with Gasteiger partial charge in [-0.2, -0.15) is 5.26 Å². The molecular formula is C17H22N2OS. The molecule has 4 heteroatoms. The van der Waals surface area contributed by atoms with Crippen molar-refractivity contribution in [2.45, 2.75) is 26.0 Å². The Morgan fingerprint density at radius 3 is 2.57 bits per heavy atom. The van der Waals surface area contributed by atoms with Gasteiger partial charge in [0.05, 0.1) is 11.5 Å².